The summed E-state index contributed by atoms with van der Waals surface area (Å²) in [5.41, 5.74) is -0.292. The number of rotatable bonds is 0. The van der Waals surface area contributed by atoms with Crippen molar-refractivity contribution in [3.8, 4) is 0 Å². The second-order valence-corrected chi connectivity index (χ2v) is 2.31. The van der Waals surface area contributed by atoms with Crippen molar-refractivity contribution in [3.05, 3.63) is 35.4 Å². The van der Waals surface area contributed by atoms with E-state index in [-0.39, 0.29) is 5.56 Å². The van der Waals surface area contributed by atoms with Gasteiger partial charge in [-0.15, -0.1) is 0 Å². The molecule has 0 bridgehead atoms. The average molecular weight is 192 g/mol. The van der Waals surface area contributed by atoms with Crippen molar-refractivity contribution in [2.45, 2.75) is 13.1 Å². The molecule has 0 aromatic heterocycles. The van der Waals surface area contributed by atoms with Gasteiger partial charge in [0.2, 0.25) is 0 Å². The Kier molecular flexibility index (Phi) is 4.48. The fourth-order valence-corrected chi connectivity index (χ4v) is 0.891. The number of alkyl halides is 3. The van der Waals surface area contributed by atoms with Gasteiger partial charge in [-0.05, 0) is 18.6 Å². The first-order valence-electron chi connectivity index (χ1n) is 3.59. The van der Waals surface area contributed by atoms with Gasteiger partial charge in [-0.3, -0.25) is 0 Å². The van der Waals surface area contributed by atoms with Gasteiger partial charge in [-0.25, -0.2) is 0 Å². The van der Waals surface area contributed by atoms with Crippen LogP contribution >= 0.6 is 0 Å². The Morgan fingerprint density at radius 2 is 1.54 bits per heavy atom. The van der Waals surface area contributed by atoms with Crippen molar-refractivity contribution in [2.24, 2.45) is 0 Å². The van der Waals surface area contributed by atoms with E-state index in [1.165, 1.54) is 19.1 Å². The van der Waals surface area contributed by atoms with Crippen molar-refractivity contribution < 1.29 is 18.3 Å². The predicted octanol–water partition coefficient (Wildman–Crippen LogP) is 2.62. The molecule has 0 aliphatic rings. The monoisotopic (exact) mass is 192 g/mol. The molecule has 1 N–H and O–H groups in total. The lowest BCUT2D eigenvalue weighted by molar-refractivity contribution is -0.138. The Balaban J connectivity index is 0.000000671. The molecule has 0 saturated carbocycles. The van der Waals surface area contributed by atoms with Crippen LogP contribution in [-0.2, 0) is 6.18 Å². The second kappa shape index (κ2) is 4.87. The number of aliphatic hydroxyl groups excluding tert-OH is 1. The van der Waals surface area contributed by atoms with Crippen LogP contribution < -0.4 is 0 Å². The summed E-state index contributed by atoms with van der Waals surface area (Å²) in [5.74, 6) is 0. The van der Waals surface area contributed by atoms with Gasteiger partial charge in [0.05, 0.1) is 5.56 Å². The van der Waals surface area contributed by atoms with Gasteiger partial charge >= 0.3 is 6.18 Å². The van der Waals surface area contributed by atoms with Gasteiger partial charge in [0.15, 0.2) is 0 Å². The van der Waals surface area contributed by atoms with Crippen molar-refractivity contribution in [1.82, 2.24) is 0 Å². The maximum absolute atomic E-state index is 12.0. The van der Waals surface area contributed by atoms with E-state index in [9.17, 15) is 13.2 Å². The number of hydrogen-bond donors (Lipinski definition) is 1. The minimum atomic E-state index is -4.22. The van der Waals surface area contributed by atoms with E-state index in [0.717, 1.165) is 13.2 Å². The lowest BCUT2D eigenvalue weighted by atomic mass is 10.1. The standard InChI is InChI=1S/C8H7F3.CH4O/c1-6-4-2-3-5-7(6)8(9,10)11;1-2/h2-5H,1H3;2H,1H3. The largest absolute Gasteiger partial charge is 0.416 e. The Labute approximate surface area is 74.8 Å². The van der Waals surface area contributed by atoms with Crippen LogP contribution in [0.25, 0.3) is 0 Å². The topological polar surface area (TPSA) is 20.2 Å². The summed E-state index contributed by atoms with van der Waals surface area (Å²) in [6.07, 6.45) is -4.22. The zero-order chi connectivity index (χ0) is 10.5. The first kappa shape index (κ1) is 12.0. The summed E-state index contributed by atoms with van der Waals surface area (Å²) in [6, 6.07) is 5.50. The van der Waals surface area contributed by atoms with Crippen LogP contribution in [0.3, 0.4) is 0 Å². The van der Waals surface area contributed by atoms with Crippen LogP contribution in [0, 0.1) is 6.92 Å². The molecule has 0 unspecified atom stereocenters. The lowest BCUT2D eigenvalue weighted by Crippen LogP contribution is -2.06. The third kappa shape index (κ3) is 3.46. The molecule has 0 saturated heterocycles. The number of aliphatic hydroxyl groups is 1. The van der Waals surface area contributed by atoms with Crippen LogP contribution in [0.5, 0.6) is 0 Å². The first-order valence-corrected chi connectivity index (χ1v) is 3.59. The van der Waals surface area contributed by atoms with Crippen LogP contribution in [0.2, 0.25) is 0 Å². The summed E-state index contributed by atoms with van der Waals surface area (Å²) < 4.78 is 36.1. The highest BCUT2D eigenvalue weighted by molar-refractivity contribution is 5.27. The van der Waals surface area contributed by atoms with E-state index >= 15 is 0 Å². The smallest absolute Gasteiger partial charge is 0.400 e. The van der Waals surface area contributed by atoms with Gasteiger partial charge in [-0.2, -0.15) is 13.2 Å². The van der Waals surface area contributed by atoms with E-state index in [1.807, 2.05) is 0 Å². The molecule has 1 rings (SSSR count). The molecule has 1 aromatic rings. The summed E-state index contributed by atoms with van der Waals surface area (Å²) >= 11 is 0. The SMILES string of the molecule is CO.Cc1ccccc1C(F)(F)F. The highest BCUT2D eigenvalue weighted by Gasteiger charge is 2.31. The number of aryl methyl sites for hydroxylation is 1. The van der Waals surface area contributed by atoms with Crippen molar-refractivity contribution >= 4 is 0 Å². The van der Waals surface area contributed by atoms with E-state index in [2.05, 4.69) is 0 Å². The van der Waals surface area contributed by atoms with Gasteiger partial charge in [0.25, 0.3) is 0 Å². The summed E-state index contributed by atoms with van der Waals surface area (Å²) in [4.78, 5) is 0. The van der Waals surface area contributed by atoms with E-state index in [0.29, 0.717) is 0 Å². The molecular weight excluding hydrogens is 181 g/mol. The molecule has 0 aliphatic heterocycles. The zero-order valence-corrected chi connectivity index (χ0v) is 7.39. The molecule has 0 atom stereocenters. The maximum Gasteiger partial charge on any atom is 0.416 e. The van der Waals surface area contributed by atoms with Crippen LogP contribution in [0.15, 0.2) is 24.3 Å². The van der Waals surface area contributed by atoms with E-state index in [4.69, 9.17) is 5.11 Å². The normalized spacial score (nSPS) is 10.3. The molecule has 0 aliphatic carbocycles. The molecule has 74 valence electrons. The fraction of sp³-hybridized carbons (Fsp3) is 0.333. The first-order chi connectivity index (χ1) is 6.02. The zero-order valence-electron chi connectivity index (χ0n) is 7.39. The van der Waals surface area contributed by atoms with Crippen LogP contribution in [-0.4, -0.2) is 12.2 Å². The molecule has 0 amide bonds. The molecule has 1 aromatic carbocycles. The minimum absolute atomic E-state index is 0.264. The molecule has 0 spiro atoms. The molecule has 0 radical (unpaired) electrons. The maximum atomic E-state index is 12.0. The molecule has 13 heavy (non-hydrogen) atoms. The summed E-state index contributed by atoms with van der Waals surface area (Å²) in [7, 11) is 1.00. The van der Waals surface area contributed by atoms with E-state index < -0.39 is 11.7 Å². The second-order valence-electron chi connectivity index (χ2n) is 2.31. The minimum Gasteiger partial charge on any atom is -0.400 e. The molecule has 0 heterocycles. The fourth-order valence-electron chi connectivity index (χ4n) is 0.891. The third-order valence-electron chi connectivity index (χ3n) is 1.45. The van der Waals surface area contributed by atoms with Crippen molar-refractivity contribution in [3.63, 3.8) is 0 Å². The Morgan fingerprint density at radius 1 is 1.08 bits per heavy atom. The molecule has 1 nitrogen and oxygen atoms in total. The van der Waals surface area contributed by atoms with Crippen LogP contribution in [0.4, 0.5) is 13.2 Å². The highest BCUT2D eigenvalue weighted by Crippen LogP contribution is 2.31. The van der Waals surface area contributed by atoms with Crippen molar-refractivity contribution in [2.75, 3.05) is 7.11 Å². The van der Waals surface area contributed by atoms with E-state index in [1.54, 1.807) is 6.07 Å². The lowest BCUT2D eigenvalue weighted by Gasteiger charge is -2.08. The summed E-state index contributed by atoms with van der Waals surface area (Å²) in [5, 5.41) is 7.00. The number of hydrogen-bond acceptors (Lipinski definition) is 1. The summed E-state index contributed by atoms with van der Waals surface area (Å²) in [6.45, 7) is 1.45. The Bertz CT molecular complexity index is 255. The third-order valence-corrected chi connectivity index (χ3v) is 1.45. The van der Waals surface area contributed by atoms with Gasteiger partial charge in [0.1, 0.15) is 0 Å². The van der Waals surface area contributed by atoms with Gasteiger partial charge in [0, 0.05) is 7.11 Å². The van der Waals surface area contributed by atoms with Gasteiger partial charge in [-0.1, -0.05) is 18.2 Å². The Morgan fingerprint density at radius 3 is 1.85 bits per heavy atom. The van der Waals surface area contributed by atoms with Crippen molar-refractivity contribution in [1.29, 1.82) is 0 Å². The number of benzene rings is 1. The average Bonchev–Trinajstić information content (AvgIpc) is 2.07. The van der Waals surface area contributed by atoms with Crippen LogP contribution in [0.1, 0.15) is 11.1 Å². The quantitative estimate of drug-likeness (QED) is 0.669. The Hall–Kier alpha value is -1.03. The molecular formula is C9H11F3O. The number of halogens is 3. The molecule has 4 heteroatoms. The van der Waals surface area contributed by atoms with Gasteiger partial charge < -0.3 is 5.11 Å². The molecule has 0 fully saturated rings. The highest BCUT2D eigenvalue weighted by atomic mass is 19.4. The predicted molar refractivity (Wildman–Crippen MR) is 44.3 cm³/mol.